The highest BCUT2D eigenvalue weighted by Gasteiger charge is 2.57. The zero-order valence-electron chi connectivity index (χ0n) is 89.8. The van der Waals surface area contributed by atoms with Gasteiger partial charge in [-0.2, -0.15) is 0 Å². The third-order valence-corrected chi connectivity index (χ3v) is 27.5. The number of rotatable bonds is 16. The molecule has 0 unspecified atom stereocenters. The number of ether oxygens (including phenoxy) is 5. The van der Waals surface area contributed by atoms with Crippen molar-refractivity contribution in [2.75, 3.05) is 0 Å². The maximum atomic E-state index is 15.1. The molecule has 0 bridgehead atoms. The van der Waals surface area contributed by atoms with Gasteiger partial charge in [-0.25, -0.2) is 41.5 Å². The van der Waals surface area contributed by atoms with Crippen LogP contribution in [0.4, 0.5) is 17.6 Å². The molecule has 0 radical (unpaired) electrons. The van der Waals surface area contributed by atoms with E-state index >= 15 is 4.39 Å². The van der Waals surface area contributed by atoms with Crippen molar-refractivity contribution in [2.24, 2.45) is 0 Å². The molecule has 0 amide bonds. The zero-order valence-corrected chi connectivity index (χ0v) is 93.1. The lowest BCUT2D eigenvalue weighted by Gasteiger charge is -2.36. The van der Waals surface area contributed by atoms with Crippen LogP contribution in [0.15, 0.2) is 152 Å². The van der Waals surface area contributed by atoms with Gasteiger partial charge in [0, 0.05) is 0 Å². The first-order valence-electron chi connectivity index (χ1n) is 48.1. The van der Waals surface area contributed by atoms with Gasteiger partial charge >= 0.3 is 108 Å². The van der Waals surface area contributed by atoms with Gasteiger partial charge in [0.25, 0.3) is 0 Å². The van der Waals surface area contributed by atoms with Crippen LogP contribution < -0.4 is 27.3 Å². The molecular weight excluding hydrogens is 2010 g/mol. The molecule has 7 aromatic rings. The van der Waals surface area contributed by atoms with Crippen LogP contribution in [-0.4, -0.2) is 194 Å². The summed E-state index contributed by atoms with van der Waals surface area (Å²) in [6.45, 7) is 57.5. The first-order valence-corrected chi connectivity index (χ1v) is 52.1. The Kier molecular flexibility index (Phi) is 43.2. The topological polar surface area (TPSA) is 429 Å². The Morgan fingerprint density at radius 3 is 0.892 bits per heavy atom. The number of carbonyl (C=O) groups is 5. The largest absolute Gasteiger partial charge is 0.495 e. The van der Waals surface area contributed by atoms with Gasteiger partial charge in [0.1, 0.15) is 45.7 Å². The predicted octanol–water partition coefficient (Wildman–Crippen LogP) is 16.0. The minimum absolute atomic E-state index is 0.0444. The molecule has 5 aliphatic heterocycles. The molecule has 0 N–H and O–H groups in total. The van der Waals surface area contributed by atoms with E-state index in [1.807, 2.05) is 260 Å². The Bertz CT molecular complexity index is 6070. The van der Waals surface area contributed by atoms with Gasteiger partial charge in [0.15, 0.2) is 5.60 Å². The molecule has 32 nitrogen and oxygen atoms in total. The van der Waals surface area contributed by atoms with Gasteiger partial charge < -0.3 is 70.2 Å². The van der Waals surface area contributed by atoms with E-state index in [0.717, 1.165) is 86.4 Å². The van der Waals surface area contributed by atoms with Crippen molar-refractivity contribution in [1.82, 2.24) is 0 Å². The highest BCUT2D eigenvalue weighted by Crippen LogP contribution is 2.44. The lowest BCUT2D eigenvalue weighted by molar-refractivity contribution is -0.0399. The summed E-state index contributed by atoms with van der Waals surface area (Å²) in [7, 11) is -15.8. The number of benzene rings is 7. The number of aryl methyl sites for hydroxylation is 1. The van der Waals surface area contributed by atoms with Gasteiger partial charge in [0.2, 0.25) is 0 Å². The molecule has 0 spiro atoms. The molecule has 7 aromatic carbocycles. The molecule has 5 heterocycles. The highest BCUT2D eigenvalue weighted by atomic mass is 32.2. The SMILES string of the molecule is CC(C)(C)OC(=O)c1ccc(B2OC(C)(C)C(C)(C)O2)cc1F.CC(OC(=O)c1ccc(B2OC(C)(C)C(C)(C)O2)cc1F)(c1ccccc1)c1ccccc1.CC1(OC(=O)c2ccc(B3OC(C)(C)C(C)(C)O3)cc2F)CCCCC1.CCC1(OC(=O)c2cc(F)cc(B3OC(C)(C)C(C)(C)O3)c2)CCCCC1.Cc1ccc(C(=O)OC(C)(C)C)c(B2OC(C)(C)C(C)(C)O2)c1.O=S(=O)=O.O=S(=O)=O.O=S(=O)=O.O=S(=O)=O. The van der Waals surface area contributed by atoms with Gasteiger partial charge in [-0.1, -0.05) is 116 Å². The van der Waals surface area contributed by atoms with Crippen LogP contribution in [0.5, 0.6) is 0 Å². The molecule has 7 fully saturated rings. The first-order chi connectivity index (χ1) is 67.7. The van der Waals surface area contributed by atoms with Crippen LogP contribution in [0.3, 0.4) is 0 Å². The standard InChI is InChI=1S/C27H28BFO4.C21H30BFO4.C20H28BFO4.C18H27BO4.C17H24BFO4.4O3S/c1-25(2)26(3,4)33-28(32-25)21-16-17-22(23(29)18-21)24(30)31-27(5,19-12-8-6-9-13-19)20-14-10-7-11-15-20;1-6-21(10-8-7-9-11-21)25-18(24)15-12-16(14-17(23)13-15)22-26-19(2,3)20(4,5)27-22;1-18(2)19(3,4)26-21(25-18)14-9-10-15(16(22)13-14)17(23)24-20(5)11-7-6-8-12-20;1-12-9-10-13(15(20)21-16(2,3)4)14(11-12)19-22-17(5,6)18(7,8)23-19;1-15(2,3)21-14(20)12-9-8-11(10-13(12)19)18-22-16(4,5)17(6,7)23-18;4*1-4(2)3/h6-18H,1-5H3;12-14H,6-11H2,1-5H3;9-10,13H,6-8,11-12H2,1-5H3;9-11H,1-8H3;8-10H,1-7H3;;;;. The van der Waals surface area contributed by atoms with Crippen LogP contribution in [0.2, 0.25) is 0 Å². The monoisotopic (exact) mass is 2140 g/mol. The summed E-state index contributed by atoms with van der Waals surface area (Å²) in [5.74, 6) is -5.31. The zero-order chi connectivity index (χ0) is 112. The fourth-order valence-electron chi connectivity index (χ4n) is 15.7. The van der Waals surface area contributed by atoms with E-state index in [1.165, 1.54) is 55.0 Å². The van der Waals surface area contributed by atoms with E-state index in [1.54, 1.807) is 51.1 Å². The van der Waals surface area contributed by atoms with Crippen LogP contribution in [0, 0.1) is 30.2 Å². The molecular formula is C103H137B5F4O32S4. The van der Waals surface area contributed by atoms with Crippen LogP contribution in [-0.2, 0) is 118 Å². The van der Waals surface area contributed by atoms with Crippen molar-refractivity contribution in [3.8, 4) is 0 Å². The highest BCUT2D eigenvalue weighted by molar-refractivity contribution is 7.59. The fourth-order valence-corrected chi connectivity index (χ4v) is 15.7. The number of halogens is 4. The Balaban J connectivity index is 0.000000273. The molecule has 2 saturated carbocycles. The average Bonchev–Trinajstić information content (AvgIpc) is 1.68. The molecule has 0 aromatic heterocycles. The Labute approximate surface area is 873 Å². The molecule has 808 valence electrons. The smallest absolute Gasteiger partial charge is 0.456 e. The van der Waals surface area contributed by atoms with E-state index in [-0.39, 0.29) is 28.2 Å². The Morgan fingerprint density at radius 2 is 0.588 bits per heavy atom. The van der Waals surface area contributed by atoms with Crippen molar-refractivity contribution < 1.29 is 162 Å². The van der Waals surface area contributed by atoms with Crippen molar-refractivity contribution in [3.63, 3.8) is 0 Å². The maximum absolute atomic E-state index is 15.1. The third-order valence-electron chi connectivity index (χ3n) is 27.5. The number of esters is 5. The van der Waals surface area contributed by atoms with E-state index < -0.39 is 209 Å². The van der Waals surface area contributed by atoms with Crippen molar-refractivity contribution >= 4 is 135 Å². The molecule has 148 heavy (non-hydrogen) atoms. The minimum atomic E-state index is -3.11. The Hall–Kier alpha value is -9.99. The second-order valence-corrected chi connectivity index (χ2v) is 45.5. The summed E-state index contributed by atoms with van der Waals surface area (Å²) in [4.78, 5) is 62.9. The summed E-state index contributed by atoms with van der Waals surface area (Å²) >= 11 is 0. The molecule has 2 aliphatic carbocycles. The van der Waals surface area contributed by atoms with E-state index in [4.69, 9.17) is 121 Å². The van der Waals surface area contributed by atoms with Gasteiger partial charge in [-0.3, -0.25) is 0 Å². The van der Waals surface area contributed by atoms with Gasteiger partial charge in [0.05, 0.1) is 83.8 Å². The molecule has 7 aliphatic rings. The van der Waals surface area contributed by atoms with Crippen LogP contribution >= 0.6 is 0 Å². The molecule has 14 rings (SSSR count). The van der Waals surface area contributed by atoms with Crippen molar-refractivity contribution in [1.29, 1.82) is 0 Å². The lowest BCUT2D eigenvalue weighted by atomic mass is 9.75. The fraction of sp³-hybridized carbons (Fsp3) is 0.544. The summed E-state index contributed by atoms with van der Waals surface area (Å²) in [5.41, 5.74) is -2.42. The second-order valence-electron chi connectivity index (χ2n) is 43.9. The number of hydrogen-bond donors (Lipinski definition) is 0. The van der Waals surface area contributed by atoms with E-state index in [0.29, 0.717) is 27.4 Å². The summed E-state index contributed by atoms with van der Waals surface area (Å²) in [5, 5.41) is 0. The maximum Gasteiger partial charge on any atom is 0.495 e. The van der Waals surface area contributed by atoms with Gasteiger partial charge in [-0.05, 0) is 358 Å². The van der Waals surface area contributed by atoms with E-state index in [9.17, 15) is 37.1 Å². The third kappa shape index (κ3) is 35.3. The number of carbonyl (C=O) groups excluding carboxylic acids is 5. The average molecular weight is 2150 g/mol. The predicted molar refractivity (Wildman–Crippen MR) is 548 cm³/mol. The second kappa shape index (κ2) is 50.5. The van der Waals surface area contributed by atoms with Crippen LogP contribution in [0.1, 0.15) is 340 Å². The summed E-state index contributed by atoms with van der Waals surface area (Å²) < 4.78 is 248. The quantitative estimate of drug-likeness (QED) is 0.0375. The van der Waals surface area contributed by atoms with E-state index in [2.05, 4.69) is 0 Å². The molecule has 0 atom stereocenters. The summed E-state index contributed by atoms with van der Waals surface area (Å²) in [6, 6.07) is 41.8. The summed E-state index contributed by atoms with van der Waals surface area (Å²) in [6.07, 6.45) is 10.7. The normalized spacial score (nSPS) is 19.0. The van der Waals surface area contributed by atoms with Crippen molar-refractivity contribution in [2.45, 2.75) is 362 Å². The Morgan fingerprint density at radius 1 is 0.311 bits per heavy atom. The number of hydrogen-bond acceptors (Lipinski definition) is 32. The van der Waals surface area contributed by atoms with Crippen molar-refractivity contribution in [3.05, 3.63) is 219 Å². The molecule has 5 saturated heterocycles. The first kappa shape index (κ1) is 127. The molecule has 45 heteroatoms. The van der Waals surface area contributed by atoms with Crippen LogP contribution in [0.25, 0.3) is 0 Å². The van der Waals surface area contributed by atoms with Gasteiger partial charge in [-0.15, -0.1) is 50.5 Å². The minimum Gasteiger partial charge on any atom is -0.456 e. The lowest BCUT2D eigenvalue weighted by Crippen LogP contribution is -2.41.